The third kappa shape index (κ3) is 2.69. The van der Waals surface area contributed by atoms with Crippen molar-refractivity contribution in [3.05, 3.63) is 35.5 Å². The SMILES string of the molecule is CCc1c(C(=O)N(CCO)CCO)[nH]c2ccccc12. The Labute approximate surface area is 117 Å². The average molecular weight is 276 g/mol. The van der Waals surface area contributed by atoms with E-state index in [0.717, 1.165) is 22.9 Å². The van der Waals surface area contributed by atoms with Gasteiger partial charge in [0, 0.05) is 24.0 Å². The van der Waals surface area contributed by atoms with Crippen molar-refractivity contribution in [1.82, 2.24) is 9.88 Å². The Kier molecular flexibility index (Phi) is 4.76. The lowest BCUT2D eigenvalue weighted by Crippen LogP contribution is -2.36. The second-order valence-corrected chi connectivity index (χ2v) is 4.62. The second kappa shape index (κ2) is 6.54. The van der Waals surface area contributed by atoms with E-state index < -0.39 is 0 Å². The predicted molar refractivity (Wildman–Crippen MR) is 77.8 cm³/mol. The van der Waals surface area contributed by atoms with Crippen LogP contribution in [0.5, 0.6) is 0 Å². The summed E-state index contributed by atoms with van der Waals surface area (Å²) >= 11 is 0. The molecule has 1 aromatic heterocycles. The highest BCUT2D eigenvalue weighted by molar-refractivity contribution is 6.01. The molecule has 1 heterocycles. The number of amides is 1. The molecule has 0 fully saturated rings. The number of para-hydroxylation sites is 1. The maximum Gasteiger partial charge on any atom is 0.270 e. The number of hydrogen-bond acceptors (Lipinski definition) is 3. The predicted octanol–water partition coefficient (Wildman–Crippen LogP) is 1.16. The minimum Gasteiger partial charge on any atom is -0.395 e. The van der Waals surface area contributed by atoms with Crippen molar-refractivity contribution < 1.29 is 15.0 Å². The third-order valence-corrected chi connectivity index (χ3v) is 3.41. The quantitative estimate of drug-likeness (QED) is 0.741. The van der Waals surface area contributed by atoms with Gasteiger partial charge in [0.05, 0.1) is 13.2 Å². The van der Waals surface area contributed by atoms with E-state index in [0.29, 0.717) is 5.69 Å². The smallest absolute Gasteiger partial charge is 0.270 e. The molecule has 0 unspecified atom stereocenters. The zero-order valence-electron chi connectivity index (χ0n) is 11.6. The number of aliphatic hydroxyl groups excluding tert-OH is 2. The molecule has 0 aliphatic rings. The van der Waals surface area contributed by atoms with E-state index in [1.807, 2.05) is 31.2 Å². The van der Waals surface area contributed by atoms with Gasteiger partial charge in [0.25, 0.3) is 5.91 Å². The number of nitrogens with one attached hydrogen (secondary N) is 1. The highest BCUT2D eigenvalue weighted by atomic mass is 16.3. The lowest BCUT2D eigenvalue weighted by Gasteiger charge is -2.20. The van der Waals surface area contributed by atoms with Gasteiger partial charge in [-0.1, -0.05) is 25.1 Å². The van der Waals surface area contributed by atoms with Crippen molar-refractivity contribution in [3.63, 3.8) is 0 Å². The van der Waals surface area contributed by atoms with Gasteiger partial charge in [0.1, 0.15) is 5.69 Å². The molecule has 0 saturated carbocycles. The number of fused-ring (bicyclic) bond motifs is 1. The molecule has 0 spiro atoms. The largest absolute Gasteiger partial charge is 0.395 e. The summed E-state index contributed by atoms with van der Waals surface area (Å²) in [6, 6.07) is 7.80. The van der Waals surface area contributed by atoms with E-state index in [4.69, 9.17) is 10.2 Å². The highest BCUT2D eigenvalue weighted by Gasteiger charge is 2.21. The summed E-state index contributed by atoms with van der Waals surface area (Å²) in [5.74, 6) is -0.179. The van der Waals surface area contributed by atoms with Gasteiger partial charge in [-0.2, -0.15) is 0 Å². The van der Waals surface area contributed by atoms with Crippen molar-refractivity contribution >= 4 is 16.8 Å². The van der Waals surface area contributed by atoms with Crippen LogP contribution in [0.25, 0.3) is 10.9 Å². The van der Waals surface area contributed by atoms with E-state index in [9.17, 15) is 4.79 Å². The van der Waals surface area contributed by atoms with Crippen LogP contribution in [-0.2, 0) is 6.42 Å². The number of carbonyl (C=O) groups is 1. The minimum atomic E-state index is -0.179. The van der Waals surface area contributed by atoms with Crippen LogP contribution in [0.1, 0.15) is 23.0 Å². The number of nitrogens with zero attached hydrogens (tertiary/aromatic N) is 1. The van der Waals surface area contributed by atoms with E-state index >= 15 is 0 Å². The average Bonchev–Trinajstić information content (AvgIpc) is 2.84. The Morgan fingerprint density at radius 2 is 1.85 bits per heavy atom. The first kappa shape index (κ1) is 14.6. The fourth-order valence-electron chi connectivity index (χ4n) is 2.46. The highest BCUT2D eigenvalue weighted by Crippen LogP contribution is 2.23. The van der Waals surface area contributed by atoms with Crippen molar-refractivity contribution in [3.8, 4) is 0 Å². The van der Waals surface area contributed by atoms with Crippen LogP contribution in [0.15, 0.2) is 24.3 Å². The summed E-state index contributed by atoms with van der Waals surface area (Å²) in [6.45, 7) is 2.21. The number of aryl methyl sites for hydroxylation is 1. The molecule has 1 amide bonds. The summed E-state index contributed by atoms with van der Waals surface area (Å²) in [6.07, 6.45) is 0.747. The molecule has 2 aromatic rings. The third-order valence-electron chi connectivity index (χ3n) is 3.41. The molecule has 20 heavy (non-hydrogen) atoms. The Bertz CT molecular complexity index is 586. The topological polar surface area (TPSA) is 76.6 Å². The van der Waals surface area contributed by atoms with Gasteiger partial charge >= 0.3 is 0 Å². The maximum atomic E-state index is 12.5. The molecule has 3 N–H and O–H groups in total. The number of hydrogen-bond donors (Lipinski definition) is 3. The van der Waals surface area contributed by atoms with Crippen molar-refractivity contribution in [2.45, 2.75) is 13.3 Å². The van der Waals surface area contributed by atoms with E-state index in [1.165, 1.54) is 4.90 Å². The molecule has 0 bridgehead atoms. The molecule has 0 radical (unpaired) electrons. The molecule has 2 rings (SSSR count). The number of carbonyl (C=O) groups excluding carboxylic acids is 1. The zero-order valence-corrected chi connectivity index (χ0v) is 11.6. The zero-order chi connectivity index (χ0) is 14.5. The van der Waals surface area contributed by atoms with E-state index in [1.54, 1.807) is 0 Å². The minimum absolute atomic E-state index is 0.118. The van der Waals surface area contributed by atoms with Gasteiger partial charge in [-0.3, -0.25) is 4.79 Å². The molecule has 0 aliphatic heterocycles. The number of benzene rings is 1. The van der Waals surface area contributed by atoms with Crippen molar-refractivity contribution in [2.24, 2.45) is 0 Å². The molecule has 5 heteroatoms. The Morgan fingerprint density at radius 1 is 1.20 bits per heavy atom. The van der Waals surface area contributed by atoms with E-state index in [2.05, 4.69) is 4.98 Å². The summed E-state index contributed by atoms with van der Waals surface area (Å²) in [5, 5.41) is 19.1. The van der Waals surface area contributed by atoms with Crippen LogP contribution < -0.4 is 0 Å². The maximum absolute atomic E-state index is 12.5. The molecule has 5 nitrogen and oxygen atoms in total. The van der Waals surface area contributed by atoms with Gasteiger partial charge in [-0.15, -0.1) is 0 Å². The molecular weight excluding hydrogens is 256 g/mol. The number of aromatic amines is 1. The van der Waals surface area contributed by atoms with Crippen LogP contribution in [-0.4, -0.2) is 52.3 Å². The number of H-pyrrole nitrogens is 1. The second-order valence-electron chi connectivity index (χ2n) is 4.62. The molecule has 0 aliphatic carbocycles. The first-order valence-electron chi connectivity index (χ1n) is 6.83. The van der Waals surface area contributed by atoms with Gasteiger partial charge in [-0.05, 0) is 18.1 Å². The summed E-state index contributed by atoms with van der Waals surface area (Å²) in [5.41, 5.74) is 2.46. The number of aromatic nitrogens is 1. The van der Waals surface area contributed by atoms with Crippen molar-refractivity contribution in [2.75, 3.05) is 26.3 Å². The van der Waals surface area contributed by atoms with Crippen LogP contribution in [0.3, 0.4) is 0 Å². The fraction of sp³-hybridized carbons (Fsp3) is 0.400. The van der Waals surface area contributed by atoms with Gasteiger partial charge in [0.2, 0.25) is 0 Å². The molecule has 108 valence electrons. The van der Waals surface area contributed by atoms with Crippen molar-refractivity contribution in [1.29, 1.82) is 0 Å². The Balaban J connectivity index is 2.42. The summed E-state index contributed by atoms with van der Waals surface area (Å²) in [7, 11) is 0. The van der Waals surface area contributed by atoms with Gasteiger partial charge in [0.15, 0.2) is 0 Å². The molecule has 0 saturated heterocycles. The molecule has 1 aromatic carbocycles. The first-order chi connectivity index (χ1) is 9.72. The Hall–Kier alpha value is -1.85. The lowest BCUT2D eigenvalue weighted by atomic mass is 10.1. The Morgan fingerprint density at radius 3 is 2.45 bits per heavy atom. The van der Waals surface area contributed by atoms with Gasteiger partial charge < -0.3 is 20.1 Å². The fourth-order valence-corrected chi connectivity index (χ4v) is 2.46. The van der Waals surface area contributed by atoms with E-state index in [-0.39, 0.29) is 32.2 Å². The van der Waals surface area contributed by atoms with Gasteiger partial charge in [-0.25, -0.2) is 0 Å². The normalized spacial score (nSPS) is 10.9. The van der Waals surface area contributed by atoms with Crippen LogP contribution in [0.4, 0.5) is 0 Å². The van der Waals surface area contributed by atoms with Crippen LogP contribution >= 0.6 is 0 Å². The van der Waals surface area contributed by atoms with Crippen LogP contribution in [0.2, 0.25) is 0 Å². The monoisotopic (exact) mass is 276 g/mol. The first-order valence-corrected chi connectivity index (χ1v) is 6.83. The molecular formula is C15H20N2O3. The standard InChI is InChI=1S/C15H20N2O3/c1-2-11-12-5-3-4-6-13(12)16-14(11)15(20)17(7-9-18)8-10-19/h3-6,16,18-19H,2,7-10H2,1H3. The molecule has 0 atom stereocenters. The lowest BCUT2D eigenvalue weighted by molar-refractivity contribution is 0.0679. The summed E-state index contributed by atoms with van der Waals surface area (Å²) in [4.78, 5) is 17.2. The summed E-state index contributed by atoms with van der Waals surface area (Å²) < 4.78 is 0. The number of rotatable bonds is 6. The van der Waals surface area contributed by atoms with Crippen LogP contribution in [0, 0.1) is 0 Å². The number of aliphatic hydroxyl groups is 2.